The predicted molar refractivity (Wildman–Crippen MR) is 186 cm³/mol. The van der Waals surface area contributed by atoms with Crippen LogP contribution in [0.15, 0.2) is 97.6 Å². The third kappa shape index (κ3) is 8.93. The van der Waals surface area contributed by atoms with E-state index >= 15 is 0 Å². The molecule has 13 heteroatoms. The monoisotopic (exact) mass is 683 g/mol. The number of nitro benzene ring substituents is 1. The second-order valence-electron chi connectivity index (χ2n) is 12.0. The molecule has 6 rings (SSSR count). The first-order chi connectivity index (χ1) is 24.5. The molecule has 0 amide bonds. The van der Waals surface area contributed by atoms with E-state index in [0.717, 1.165) is 27.6 Å². The summed E-state index contributed by atoms with van der Waals surface area (Å²) in [5, 5.41) is 31.6. The number of hydrogen-bond donors (Lipinski definition) is 2. The van der Waals surface area contributed by atoms with Crippen LogP contribution in [0.2, 0.25) is 0 Å². The van der Waals surface area contributed by atoms with Crippen LogP contribution in [0.1, 0.15) is 23.5 Å². The van der Waals surface area contributed by atoms with Crippen LogP contribution in [0.3, 0.4) is 0 Å². The Morgan fingerprint density at radius 2 is 1.72 bits per heavy atom. The Kier molecular flexibility index (Phi) is 11.8. The number of nitrogens with zero attached hydrogens (tertiary/aromatic N) is 4. The number of piperidine rings is 1. The molecule has 1 aliphatic rings. The summed E-state index contributed by atoms with van der Waals surface area (Å²) in [7, 11) is 1.67. The van der Waals surface area contributed by atoms with Crippen LogP contribution in [-0.4, -0.2) is 83.1 Å². The summed E-state index contributed by atoms with van der Waals surface area (Å²) in [5.74, 6) is 1.59. The van der Waals surface area contributed by atoms with Crippen molar-refractivity contribution in [1.82, 2.24) is 20.1 Å². The van der Waals surface area contributed by atoms with Crippen molar-refractivity contribution in [3.05, 3.63) is 119 Å². The number of methoxy groups -OCH3 is 1. The van der Waals surface area contributed by atoms with Gasteiger partial charge >= 0.3 is 5.69 Å². The topological polar surface area (TPSA) is 152 Å². The van der Waals surface area contributed by atoms with E-state index in [9.17, 15) is 15.2 Å². The molecule has 0 aliphatic carbocycles. The number of benzene rings is 4. The lowest BCUT2D eigenvalue weighted by Gasteiger charge is -2.39. The van der Waals surface area contributed by atoms with Gasteiger partial charge in [0.1, 0.15) is 24.2 Å². The average Bonchev–Trinajstić information content (AvgIpc) is 3.66. The van der Waals surface area contributed by atoms with Crippen molar-refractivity contribution in [1.29, 1.82) is 0 Å². The van der Waals surface area contributed by atoms with Crippen LogP contribution < -0.4 is 19.5 Å². The lowest BCUT2D eigenvalue weighted by Crippen LogP contribution is -2.51. The van der Waals surface area contributed by atoms with Gasteiger partial charge in [-0.25, -0.2) is 4.98 Å². The molecule has 50 heavy (non-hydrogen) atoms. The van der Waals surface area contributed by atoms with Gasteiger partial charge < -0.3 is 34.1 Å². The minimum Gasteiger partial charge on any atom is -0.496 e. The number of fused-ring (bicyclic) bond motifs is 1. The molecule has 1 aliphatic heterocycles. The van der Waals surface area contributed by atoms with E-state index in [4.69, 9.17) is 23.7 Å². The third-order valence-electron chi connectivity index (χ3n) is 8.57. The van der Waals surface area contributed by atoms with Crippen molar-refractivity contribution < 1.29 is 33.7 Å². The molecule has 0 spiro atoms. The fraction of sp³-hybridized carbons (Fsp3) is 0.351. The first-order valence-corrected chi connectivity index (χ1v) is 16.6. The highest BCUT2D eigenvalue weighted by Gasteiger charge is 2.36. The first kappa shape index (κ1) is 34.8. The van der Waals surface area contributed by atoms with Gasteiger partial charge in [-0.1, -0.05) is 48.5 Å². The van der Waals surface area contributed by atoms with Crippen LogP contribution in [-0.2, 0) is 22.6 Å². The van der Waals surface area contributed by atoms with E-state index in [1.807, 2.05) is 48.5 Å². The van der Waals surface area contributed by atoms with E-state index in [-0.39, 0.29) is 49.3 Å². The Balaban J connectivity index is 1.11. The lowest BCUT2D eigenvalue weighted by molar-refractivity contribution is -0.385. The molecule has 0 saturated carbocycles. The molecular formula is C37H41N5O8. The number of nitrogens with one attached hydrogen (secondary N) is 1. The molecule has 2 heterocycles. The van der Waals surface area contributed by atoms with Gasteiger partial charge in [0.05, 0.1) is 63.3 Å². The number of rotatable bonds is 17. The molecule has 0 radical (unpaired) electrons. The van der Waals surface area contributed by atoms with Crippen LogP contribution >= 0.6 is 0 Å². The highest BCUT2D eigenvalue weighted by Crippen LogP contribution is 2.33. The molecule has 1 saturated heterocycles. The fourth-order valence-corrected chi connectivity index (χ4v) is 6.18. The Morgan fingerprint density at radius 1 is 0.960 bits per heavy atom. The molecule has 2 N–H and O–H groups in total. The van der Waals surface area contributed by atoms with Gasteiger partial charge in [-0.3, -0.25) is 14.8 Å². The molecule has 4 atom stereocenters. The van der Waals surface area contributed by atoms with E-state index in [1.54, 1.807) is 36.3 Å². The Bertz CT molecular complexity index is 1820. The number of aliphatic hydroxyl groups is 1. The Morgan fingerprint density at radius 3 is 2.50 bits per heavy atom. The number of nitro groups is 1. The molecule has 0 unspecified atom stereocenters. The summed E-state index contributed by atoms with van der Waals surface area (Å²) in [6, 6.07) is 26.4. The quantitative estimate of drug-likeness (QED) is 0.0781. The zero-order valence-corrected chi connectivity index (χ0v) is 27.8. The minimum atomic E-state index is -0.767. The second-order valence-corrected chi connectivity index (χ2v) is 12.0. The lowest BCUT2D eigenvalue weighted by atomic mass is 9.85. The molecule has 1 fully saturated rings. The number of aromatic nitrogens is 3. The molecule has 13 nitrogen and oxygen atoms in total. The maximum atomic E-state index is 11.2. The number of hydrogen-bond acceptors (Lipinski definition) is 11. The van der Waals surface area contributed by atoms with E-state index in [2.05, 4.69) is 27.5 Å². The van der Waals surface area contributed by atoms with E-state index in [0.29, 0.717) is 38.5 Å². The van der Waals surface area contributed by atoms with Gasteiger partial charge in [0.15, 0.2) is 5.75 Å². The zero-order chi connectivity index (χ0) is 34.7. The van der Waals surface area contributed by atoms with Crippen molar-refractivity contribution in [3.63, 3.8) is 0 Å². The highest BCUT2D eigenvalue weighted by atomic mass is 16.6. The van der Waals surface area contributed by atoms with Crippen LogP contribution in [0, 0.1) is 10.1 Å². The van der Waals surface area contributed by atoms with Gasteiger partial charge in [-0.2, -0.15) is 5.10 Å². The maximum Gasteiger partial charge on any atom is 0.310 e. The van der Waals surface area contributed by atoms with Crippen LogP contribution in [0.25, 0.3) is 10.8 Å². The summed E-state index contributed by atoms with van der Waals surface area (Å²) < 4.78 is 31.8. The second kappa shape index (κ2) is 17.0. The standard InChI is InChI=1S/C37H41N5O8/c1-46-34-18-26(17-28-7-2-3-8-31(28)34)22-49-35-19-38-20-36(50-23-29(43)21-41-25-39-24-40-41)37(35)27-11-13-30(14-12-27)47-15-6-16-48-33-10-5-4-9-32(33)42(44)45/h2-5,7-14,17-18,24-25,29,35-38,43H,6,15-16,19-23H2,1H3/t29-,35+,36+,37-/m1/s1. The van der Waals surface area contributed by atoms with Crippen LogP contribution in [0.4, 0.5) is 5.69 Å². The molecule has 1 aromatic heterocycles. The first-order valence-electron chi connectivity index (χ1n) is 16.6. The highest BCUT2D eigenvalue weighted by molar-refractivity contribution is 5.89. The van der Waals surface area contributed by atoms with Crippen molar-refractivity contribution in [2.45, 2.75) is 43.8 Å². The van der Waals surface area contributed by atoms with Gasteiger partial charge in [-0.05, 0) is 46.8 Å². The van der Waals surface area contributed by atoms with Gasteiger partial charge in [0.2, 0.25) is 0 Å². The zero-order valence-electron chi connectivity index (χ0n) is 27.8. The van der Waals surface area contributed by atoms with Crippen molar-refractivity contribution in [2.24, 2.45) is 0 Å². The smallest absolute Gasteiger partial charge is 0.310 e. The fourth-order valence-electron chi connectivity index (χ4n) is 6.18. The van der Waals surface area contributed by atoms with Gasteiger partial charge in [0.25, 0.3) is 0 Å². The summed E-state index contributed by atoms with van der Waals surface area (Å²) in [4.78, 5) is 14.7. The average molecular weight is 684 g/mol. The Labute approximate surface area is 289 Å². The van der Waals surface area contributed by atoms with Crippen molar-refractivity contribution in [3.8, 4) is 17.2 Å². The SMILES string of the molecule is COc1cc(CO[C@H]2CNC[C@H](OC[C@H](O)Cn3cncn3)[C@@H]2c2ccc(OCCCOc3ccccc3[N+](=O)[O-])cc2)cc2ccccc12. The number of ether oxygens (including phenoxy) is 5. The number of aliphatic hydroxyl groups excluding tert-OH is 1. The van der Waals surface area contributed by atoms with E-state index in [1.165, 1.54) is 12.4 Å². The molecule has 5 aromatic rings. The minimum absolute atomic E-state index is 0.0619. The van der Waals surface area contributed by atoms with Gasteiger partial charge in [0, 0.05) is 36.9 Å². The number of para-hydroxylation sites is 2. The summed E-state index contributed by atoms with van der Waals surface area (Å²) >= 11 is 0. The summed E-state index contributed by atoms with van der Waals surface area (Å²) in [6.45, 7) is 2.63. The largest absolute Gasteiger partial charge is 0.496 e. The van der Waals surface area contributed by atoms with Crippen molar-refractivity contribution in [2.75, 3.05) is 40.0 Å². The Hall–Kier alpha value is -5.08. The van der Waals surface area contributed by atoms with Crippen molar-refractivity contribution >= 4 is 16.5 Å². The predicted octanol–water partition coefficient (Wildman–Crippen LogP) is 4.91. The molecule has 262 valence electrons. The third-order valence-corrected chi connectivity index (χ3v) is 8.57. The normalized spacial score (nSPS) is 18.1. The van der Waals surface area contributed by atoms with Gasteiger partial charge in [-0.15, -0.1) is 0 Å². The molecule has 0 bridgehead atoms. The molecule has 4 aromatic carbocycles. The van der Waals surface area contributed by atoms with Crippen LogP contribution in [0.5, 0.6) is 17.2 Å². The summed E-state index contributed by atoms with van der Waals surface area (Å²) in [5.41, 5.74) is 1.96. The summed E-state index contributed by atoms with van der Waals surface area (Å²) in [6.07, 6.45) is 2.26. The van der Waals surface area contributed by atoms with E-state index < -0.39 is 11.0 Å². The maximum absolute atomic E-state index is 11.2. The molecular weight excluding hydrogens is 642 g/mol.